The molecular formula is C9H15N3O13P3+. The minimum Gasteiger partial charge on any atom is -0.387 e. The number of phosphoric acid groups is 2. The zero-order valence-corrected chi connectivity index (χ0v) is 16.2. The maximum Gasteiger partial charge on any atom is 0.708 e. The van der Waals surface area contributed by atoms with Gasteiger partial charge in [0, 0.05) is 10.8 Å². The molecule has 1 aromatic heterocycles. The highest BCUT2D eigenvalue weighted by Crippen LogP contribution is 2.61. The molecule has 0 bridgehead atoms. The molecule has 1 aliphatic heterocycles. The molecule has 2 unspecified atom stereocenters. The number of anilines is 1. The van der Waals surface area contributed by atoms with Crippen molar-refractivity contribution >= 4 is 29.7 Å². The van der Waals surface area contributed by atoms with Crippen molar-refractivity contribution in [1.82, 2.24) is 9.55 Å². The monoisotopic (exact) mass is 466 g/mol. The first-order valence-electron chi connectivity index (χ1n) is 7.05. The quantitative estimate of drug-likeness (QED) is 0.235. The van der Waals surface area contributed by atoms with Crippen molar-refractivity contribution in [2.45, 2.75) is 24.5 Å². The van der Waals surface area contributed by atoms with Gasteiger partial charge < -0.3 is 30.5 Å². The Morgan fingerprint density at radius 1 is 1.29 bits per heavy atom. The van der Waals surface area contributed by atoms with Crippen molar-refractivity contribution in [3.63, 3.8) is 0 Å². The maximum atomic E-state index is 11.8. The van der Waals surface area contributed by atoms with Crippen LogP contribution in [-0.4, -0.2) is 59.4 Å². The van der Waals surface area contributed by atoms with E-state index in [4.69, 9.17) is 25.2 Å². The van der Waals surface area contributed by atoms with E-state index in [0.29, 0.717) is 0 Å². The third-order valence-electron chi connectivity index (χ3n) is 3.19. The number of nitrogen functional groups attached to an aromatic ring is 1. The van der Waals surface area contributed by atoms with E-state index in [-0.39, 0.29) is 5.82 Å². The lowest BCUT2D eigenvalue weighted by molar-refractivity contribution is -0.0516. The molecule has 28 heavy (non-hydrogen) atoms. The van der Waals surface area contributed by atoms with Crippen molar-refractivity contribution in [2.24, 2.45) is 0 Å². The van der Waals surface area contributed by atoms with Gasteiger partial charge in [0.15, 0.2) is 6.23 Å². The molecule has 1 fully saturated rings. The summed E-state index contributed by atoms with van der Waals surface area (Å²) >= 11 is 0. The van der Waals surface area contributed by atoms with Crippen molar-refractivity contribution in [2.75, 3.05) is 12.3 Å². The molecule has 0 radical (unpaired) electrons. The number of hydrogen-bond donors (Lipinski definition) is 6. The highest BCUT2D eigenvalue weighted by molar-refractivity contribution is 7.64. The Labute approximate surface area is 156 Å². The number of aromatic nitrogens is 2. The Bertz CT molecular complexity index is 885. The summed E-state index contributed by atoms with van der Waals surface area (Å²) in [4.78, 5) is 41.1. The van der Waals surface area contributed by atoms with E-state index < -0.39 is 60.7 Å². The Balaban J connectivity index is 1.98. The Kier molecular flexibility index (Phi) is 7.21. The molecule has 0 amide bonds. The Morgan fingerprint density at radius 2 is 1.93 bits per heavy atom. The van der Waals surface area contributed by atoms with Crippen LogP contribution in [0.3, 0.4) is 0 Å². The van der Waals surface area contributed by atoms with Crippen LogP contribution >= 0.6 is 23.9 Å². The van der Waals surface area contributed by atoms with E-state index in [1.807, 2.05) is 0 Å². The van der Waals surface area contributed by atoms with E-state index in [2.05, 4.69) is 18.1 Å². The van der Waals surface area contributed by atoms with Crippen LogP contribution in [0.25, 0.3) is 0 Å². The molecule has 2 heterocycles. The average Bonchev–Trinajstić information content (AvgIpc) is 2.78. The van der Waals surface area contributed by atoms with Crippen LogP contribution in [0.4, 0.5) is 5.82 Å². The first-order chi connectivity index (χ1) is 12.8. The highest BCUT2D eigenvalue weighted by Gasteiger charge is 2.47. The molecule has 16 nitrogen and oxygen atoms in total. The van der Waals surface area contributed by atoms with Gasteiger partial charge in [0.2, 0.25) is 0 Å². The fourth-order valence-corrected chi connectivity index (χ4v) is 4.70. The van der Waals surface area contributed by atoms with E-state index in [1.165, 1.54) is 6.07 Å². The number of aliphatic hydroxyl groups excluding tert-OH is 2. The second-order valence-corrected chi connectivity index (χ2v) is 9.16. The van der Waals surface area contributed by atoms with Gasteiger partial charge in [0.25, 0.3) is 0 Å². The van der Waals surface area contributed by atoms with Crippen molar-refractivity contribution in [1.29, 1.82) is 0 Å². The Morgan fingerprint density at radius 3 is 2.50 bits per heavy atom. The number of nitrogens with zero attached hydrogens (tertiary/aromatic N) is 2. The lowest BCUT2D eigenvalue weighted by Crippen LogP contribution is -2.36. The molecule has 7 N–H and O–H groups in total. The fourth-order valence-electron chi connectivity index (χ4n) is 2.11. The van der Waals surface area contributed by atoms with Gasteiger partial charge in [-0.2, -0.15) is 9.29 Å². The number of hydrogen-bond acceptors (Lipinski definition) is 12. The molecular weight excluding hydrogens is 451 g/mol. The van der Waals surface area contributed by atoms with Crippen LogP contribution in [0, 0.1) is 0 Å². The smallest absolute Gasteiger partial charge is 0.387 e. The minimum atomic E-state index is -5.42. The normalized spacial score (nSPS) is 28.1. The number of rotatable bonds is 8. The largest absolute Gasteiger partial charge is 0.708 e. The molecule has 1 aliphatic rings. The minimum absolute atomic E-state index is 0.0886. The third-order valence-corrected chi connectivity index (χ3v) is 6.58. The third kappa shape index (κ3) is 6.19. The lowest BCUT2D eigenvalue weighted by Gasteiger charge is -2.16. The van der Waals surface area contributed by atoms with Gasteiger partial charge in [-0.1, -0.05) is 0 Å². The summed E-state index contributed by atoms with van der Waals surface area (Å²) in [7, 11) is -14.3. The first-order valence-corrected chi connectivity index (χ1v) is 11.2. The van der Waals surface area contributed by atoms with E-state index in [1.54, 1.807) is 0 Å². The Hall–Kier alpha value is -1.12. The summed E-state index contributed by atoms with van der Waals surface area (Å²) in [6.45, 7) is -0.767. The van der Waals surface area contributed by atoms with Gasteiger partial charge in [-0.05, 0) is 10.4 Å². The topological polar surface area (TPSA) is 250 Å². The van der Waals surface area contributed by atoms with Crippen molar-refractivity contribution in [3.05, 3.63) is 22.7 Å². The zero-order chi connectivity index (χ0) is 21.3. The van der Waals surface area contributed by atoms with Crippen LogP contribution in [0.5, 0.6) is 0 Å². The lowest BCUT2D eigenvalue weighted by atomic mass is 10.1. The van der Waals surface area contributed by atoms with E-state index in [9.17, 15) is 28.7 Å². The second-order valence-electron chi connectivity index (χ2n) is 5.23. The first kappa shape index (κ1) is 23.2. The van der Waals surface area contributed by atoms with Gasteiger partial charge in [-0.15, -0.1) is 4.52 Å². The van der Waals surface area contributed by atoms with Gasteiger partial charge >= 0.3 is 29.6 Å². The van der Waals surface area contributed by atoms with Crippen LogP contribution < -0.4 is 11.4 Å². The fraction of sp³-hybridized carbons (Fsp3) is 0.556. The predicted molar refractivity (Wildman–Crippen MR) is 86.4 cm³/mol. The predicted octanol–water partition coefficient (Wildman–Crippen LogP) is -1.66. The molecule has 0 aliphatic carbocycles. The van der Waals surface area contributed by atoms with Gasteiger partial charge in [-0.25, -0.2) is 13.9 Å². The molecule has 1 saturated heterocycles. The summed E-state index contributed by atoms with van der Waals surface area (Å²) in [6, 6.07) is 1.23. The molecule has 2 rings (SSSR count). The van der Waals surface area contributed by atoms with E-state index >= 15 is 0 Å². The van der Waals surface area contributed by atoms with Gasteiger partial charge in [0.1, 0.15) is 30.7 Å². The van der Waals surface area contributed by atoms with E-state index in [0.717, 1.165) is 10.8 Å². The van der Waals surface area contributed by atoms with Crippen LogP contribution in [-0.2, 0) is 31.6 Å². The molecule has 19 heteroatoms. The standard InChI is InChI=1S/C9H14N3O13P3/c10-5-1-2-12(9(15)11-5)8-7(14)6(13)4(23-8)3-22-26(16)24-28(20,21)25-27(17,18)19/h1-2,4,6-8,13-14H,3H2,(H4-,10,11,15,17,18,19,20,21)/p+1/t4-,6-,7-,8-/m1/s1. The number of aliphatic hydroxyl groups is 2. The van der Waals surface area contributed by atoms with Crippen LogP contribution in [0.15, 0.2) is 17.1 Å². The number of ether oxygens (including phenoxy) is 1. The summed E-state index contributed by atoms with van der Waals surface area (Å²) < 4.78 is 51.1. The molecule has 0 aromatic carbocycles. The molecule has 0 spiro atoms. The van der Waals surface area contributed by atoms with Gasteiger partial charge in [0.05, 0.1) is 0 Å². The van der Waals surface area contributed by atoms with Gasteiger partial charge in [-0.3, -0.25) is 9.46 Å². The number of nitrogens with two attached hydrogens (primary N) is 1. The summed E-state index contributed by atoms with van der Waals surface area (Å²) in [5.41, 5.74) is 4.45. The summed E-state index contributed by atoms with van der Waals surface area (Å²) in [5, 5.41) is 20.0. The second kappa shape index (κ2) is 8.71. The summed E-state index contributed by atoms with van der Waals surface area (Å²) in [5.74, 6) is -0.0886. The average molecular weight is 466 g/mol. The zero-order valence-electron chi connectivity index (χ0n) is 13.5. The SMILES string of the molecule is Nc1ccn([C@@H]2O[C@H](CO[P+](=O)OP(=O)(O)OP(=O)(O)O)[C@@H](O)[C@H]2O)c(=O)n1. The van der Waals surface area contributed by atoms with Crippen LogP contribution in [0.2, 0.25) is 0 Å². The molecule has 0 saturated carbocycles. The molecule has 158 valence electrons. The van der Waals surface area contributed by atoms with Crippen molar-refractivity contribution < 1.29 is 56.5 Å². The summed E-state index contributed by atoms with van der Waals surface area (Å²) in [6.07, 6.45) is -4.88. The maximum absolute atomic E-state index is 11.8. The highest BCUT2D eigenvalue weighted by atomic mass is 31.3. The molecule has 1 aromatic rings. The van der Waals surface area contributed by atoms with Crippen molar-refractivity contribution in [3.8, 4) is 0 Å². The molecule has 6 atom stereocenters. The van der Waals surface area contributed by atoms with Crippen LogP contribution in [0.1, 0.15) is 6.23 Å².